The van der Waals surface area contributed by atoms with Gasteiger partial charge in [0.05, 0.1) is 0 Å². The Bertz CT molecular complexity index is 681. The highest BCUT2D eigenvalue weighted by molar-refractivity contribution is 9.10. The Balaban J connectivity index is 1.94. The molecule has 0 N–H and O–H groups in total. The summed E-state index contributed by atoms with van der Waals surface area (Å²) >= 11 is 3.48. The van der Waals surface area contributed by atoms with E-state index < -0.39 is 0 Å². The first kappa shape index (κ1) is 14.4. The van der Waals surface area contributed by atoms with Crippen LogP contribution in [0.5, 0.6) is 0 Å². The molecular weight excluding hydrogens is 328 g/mol. The molecule has 1 heterocycles. The van der Waals surface area contributed by atoms with Gasteiger partial charge >= 0.3 is 0 Å². The van der Waals surface area contributed by atoms with Gasteiger partial charge in [-0.1, -0.05) is 6.07 Å². The van der Waals surface area contributed by atoms with Crippen molar-refractivity contribution < 1.29 is 4.79 Å². The van der Waals surface area contributed by atoms with E-state index in [1.807, 2.05) is 31.4 Å². The fourth-order valence-corrected chi connectivity index (χ4v) is 3.14. The SMILES string of the molecule is Cc1cc(C)cc(N(C)C(=O)c2cc(Br)cn2C2CC2)c1. The van der Waals surface area contributed by atoms with Gasteiger partial charge in [-0.15, -0.1) is 0 Å². The van der Waals surface area contributed by atoms with E-state index in [1.165, 1.54) is 11.1 Å². The van der Waals surface area contributed by atoms with Crippen molar-refractivity contribution in [2.45, 2.75) is 32.7 Å². The highest BCUT2D eigenvalue weighted by Crippen LogP contribution is 2.38. The molecule has 2 aromatic rings. The van der Waals surface area contributed by atoms with E-state index in [2.05, 4.69) is 40.4 Å². The third-order valence-electron chi connectivity index (χ3n) is 3.87. The molecule has 1 fully saturated rings. The van der Waals surface area contributed by atoms with Crippen LogP contribution in [0, 0.1) is 13.8 Å². The molecule has 21 heavy (non-hydrogen) atoms. The molecule has 1 amide bonds. The van der Waals surface area contributed by atoms with Crippen LogP contribution in [0.25, 0.3) is 0 Å². The van der Waals surface area contributed by atoms with Gasteiger partial charge in [-0.05, 0) is 71.9 Å². The molecule has 1 saturated carbocycles. The standard InChI is InChI=1S/C17H19BrN2O/c1-11-6-12(2)8-15(7-11)19(3)17(21)16-9-13(18)10-20(16)14-4-5-14/h6-10,14H,4-5H2,1-3H3. The Morgan fingerprint density at radius 2 is 1.81 bits per heavy atom. The van der Waals surface area contributed by atoms with E-state index in [-0.39, 0.29) is 5.91 Å². The number of benzene rings is 1. The van der Waals surface area contributed by atoms with E-state index in [9.17, 15) is 4.79 Å². The molecule has 0 bridgehead atoms. The molecule has 0 saturated heterocycles. The van der Waals surface area contributed by atoms with Crippen molar-refractivity contribution in [3.8, 4) is 0 Å². The van der Waals surface area contributed by atoms with Crippen LogP contribution in [-0.4, -0.2) is 17.5 Å². The van der Waals surface area contributed by atoms with Gasteiger partial charge in [0, 0.05) is 29.4 Å². The number of carbonyl (C=O) groups is 1. The molecule has 1 aromatic heterocycles. The van der Waals surface area contributed by atoms with E-state index in [0.717, 1.165) is 28.7 Å². The predicted molar refractivity (Wildman–Crippen MR) is 89.1 cm³/mol. The lowest BCUT2D eigenvalue weighted by atomic mass is 10.1. The van der Waals surface area contributed by atoms with Gasteiger partial charge in [-0.3, -0.25) is 4.79 Å². The Morgan fingerprint density at radius 1 is 1.19 bits per heavy atom. The average molecular weight is 347 g/mol. The minimum Gasteiger partial charge on any atom is -0.339 e. The van der Waals surface area contributed by atoms with Crippen molar-refractivity contribution in [3.05, 3.63) is 51.8 Å². The average Bonchev–Trinajstić information content (AvgIpc) is 3.19. The third-order valence-corrected chi connectivity index (χ3v) is 4.31. The molecule has 3 nitrogen and oxygen atoms in total. The summed E-state index contributed by atoms with van der Waals surface area (Å²) in [4.78, 5) is 14.6. The van der Waals surface area contributed by atoms with Crippen LogP contribution >= 0.6 is 15.9 Å². The number of rotatable bonds is 3. The number of anilines is 1. The second-order valence-electron chi connectivity index (χ2n) is 5.89. The highest BCUT2D eigenvalue weighted by Gasteiger charge is 2.29. The molecule has 0 aliphatic heterocycles. The van der Waals surface area contributed by atoms with Crippen molar-refractivity contribution in [3.63, 3.8) is 0 Å². The second-order valence-corrected chi connectivity index (χ2v) is 6.81. The minimum atomic E-state index is 0.0394. The molecule has 1 aromatic carbocycles. The van der Waals surface area contributed by atoms with Crippen LogP contribution < -0.4 is 4.90 Å². The van der Waals surface area contributed by atoms with Gasteiger partial charge in [0.1, 0.15) is 5.69 Å². The highest BCUT2D eigenvalue weighted by atomic mass is 79.9. The van der Waals surface area contributed by atoms with Crippen LogP contribution in [0.2, 0.25) is 0 Å². The molecule has 1 aliphatic carbocycles. The number of amides is 1. The third kappa shape index (κ3) is 2.91. The molecule has 1 aliphatic rings. The Kier molecular flexibility index (Phi) is 3.66. The summed E-state index contributed by atoms with van der Waals surface area (Å²) in [5.41, 5.74) is 4.04. The summed E-state index contributed by atoms with van der Waals surface area (Å²) in [6.07, 6.45) is 4.34. The zero-order chi connectivity index (χ0) is 15.1. The van der Waals surface area contributed by atoms with Crippen LogP contribution in [0.1, 0.15) is 40.5 Å². The maximum atomic E-state index is 12.8. The first-order valence-electron chi connectivity index (χ1n) is 7.19. The Labute approximate surface area is 133 Å². The maximum absolute atomic E-state index is 12.8. The fraction of sp³-hybridized carbons (Fsp3) is 0.353. The summed E-state index contributed by atoms with van der Waals surface area (Å²) in [6, 6.07) is 8.61. The monoisotopic (exact) mass is 346 g/mol. The quantitative estimate of drug-likeness (QED) is 0.804. The first-order valence-corrected chi connectivity index (χ1v) is 7.99. The minimum absolute atomic E-state index is 0.0394. The second kappa shape index (κ2) is 5.34. The molecule has 0 radical (unpaired) electrons. The summed E-state index contributed by atoms with van der Waals surface area (Å²) in [5.74, 6) is 0.0394. The molecule has 0 unspecified atom stereocenters. The lowest BCUT2D eigenvalue weighted by Gasteiger charge is -2.19. The Morgan fingerprint density at radius 3 is 2.38 bits per heavy atom. The van der Waals surface area contributed by atoms with E-state index in [4.69, 9.17) is 0 Å². The van der Waals surface area contributed by atoms with Crippen LogP contribution in [-0.2, 0) is 0 Å². The van der Waals surface area contributed by atoms with Crippen LogP contribution in [0.15, 0.2) is 34.9 Å². The van der Waals surface area contributed by atoms with Crippen LogP contribution in [0.3, 0.4) is 0 Å². The number of aromatic nitrogens is 1. The molecule has 4 heteroatoms. The number of hydrogen-bond donors (Lipinski definition) is 0. The van der Waals surface area contributed by atoms with Crippen molar-refractivity contribution in [1.29, 1.82) is 0 Å². The predicted octanol–water partition coefficient (Wildman–Crippen LogP) is 4.48. The number of hydrogen-bond acceptors (Lipinski definition) is 1. The summed E-state index contributed by atoms with van der Waals surface area (Å²) in [7, 11) is 1.84. The zero-order valence-corrected chi connectivity index (χ0v) is 14.1. The maximum Gasteiger partial charge on any atom is 0.274 e. The number of halogens is 1. The van der Waals surface area contributed by atoms with Gasteiger partial charge in [0.2, 0.25) is 0 Å². The van der Waals surface area contributed by atoms with Crippen LogP contribution in [0.4, 0.5) is 5.69 Å². The molecule has 0 atom stereocenters. The Hall–Kier alpha value is -1.55. The van der Waals surface area contributed by atoms with Crippen molar-refractivity contribution in [2.24, 2.45) is 0 Å². The van der Waals surface area contributed by atoms with Gasteiger partial charge < -0.3 is 9.47 Å². The molecular formula is C17H19BrN2O. The molecule has 0 spiro atoms. The lowest BCUT2D eigenvalue weighted by molar-refractivity contribution is 0.0984. The zero-order valence-electron chi connectivity index (χ0n) is 12.6. The number of aryl methyl sites for hydroxylation is 2. The van der Waals surface area contributed by atoms with Gasteiger partial charge in [0.15, 0.2) is 0 Å². The van der Waals surface area contributed by atoms with E-state index in [1.54, 1.807) is 4.90 Å². The molecule has 3 rings (SSSR count). The summed E-state index contributed by atoms with van der Waals surface area (Å²) < 4.78 is 3.07. The largest absolute Gasteiger partial charge is 0.339 e. The first-order chi connectivity index (χ1) is 9.95. The van der Waals surface area contributed by atoms with Gasteiger partial charge in [-0.25, -0.2) is 0 Å². The lowest BCUT2D eigenvalue weighted by Crippen LogP contribution is -2.28. The summed E-state index contributed by atoms with van der Waals surface area (Å²) in [6.45, 7) is 4.11. The van der Waals surface area contributed by atoms with Crippen molar-refractivity contribution in [2.75, 3.05) is 11.9 Å². The fourth-order valence-electron chi connectivity index (χ4n) is 2.71. The van der Waals surface area contributed by atoms with Gasteiger partial charge in [0.25, 0.3) is 5.91 Å². The van der Waals surface area contributed by atoms with Gasteiger partial charge in [-0.2, -0.15) is 0 Å². The summed E-state index contributed by atoms with van der Waals surface area (Å²) in [5, 5.41) is 0. The normalized spacial score (nSPS) is 14.3. The van der Waals surface area contributed by atoms with E-state index >= 15 is 0 Å². The number of carbonyl (C=O) groups excluding carboxylic acids is 1. The van der Waals surface area contributed by atoms with Crippen molar-refractivity contribution >= 4 is 27.5 Å². The topological polar surface area (TPSA) is 25.2 Å². The molecule has 110 valence electrons. The van der Waals surface area contributed by atoms with E-state index in [0.29, 0.717) is 6.04 Å². The number of nitrogens with zero attached hydrogens (tertiary/aromatic N) is 2. The van der Waals surface area contributed by atoms with Crippen molar-refractivity contribution in [1.82, 2.24) is 4.57 Å². The smallest absolute Gasteiger partial charge is 0.274 e.